The third kappa shape index (κ3) is 3.22. The van der Waals surface area contributed by atoms with E-state index in [4.69, 9.17) is 0 Å². The zero-order valence-electron chi connectivity index (χ0n) is 14.8. The summed E-state index contributed by atoms with van der Waals surface area (Å²) in [5.41, 5.74) is 7.52. The van der Waals surface area contributed by atoms with Gasteiger partial charge in [0.15, 0.2) is 0 Å². The number of benzene rings is 3. The van der Waals surface area contributed by atoms with Gasteiger partial charge in [0.2, 0.25) is 5.91 Å². The second kappa shape index (κ2) is 7.08. The largest absolute Gasteiger partial charge is 0.273 e. The zero-order chi connectivity index (χ0) is 18.7. The van der Waals surface area contributed by atoms with Gasteiger partial charge in [-0.15, -0.1) is 0 Å². The molecule has 1 fully saturated rings. The van der Waals surface area contributed by atoms with Gasteiger partial charge in [0, 0.05) is 11.0 Å². The maximum absolute atomic E-state index is 12.8. The summed E-state index contributed by atoms with van der Waals surface area (Å²) in [7, 11) is 0. The van der Waals surface area contributed by atoms with Gasteiger partial charge in [-0.1, -0.05) is 78.9 Å². The topological polar surface area (TPSA) is 58.2 Å². The highest BCUT2D eigenvalue weighted by molar-refractivity contribution is 5.96. The predicted molar refractivity (Wildman–Crippen MR) is 104 cm³/mol. The van der Waals surface area contributed by atoms with Crippen molar-refractivity contribution < 1.29 is 9.59 Å². The Morgan fingerprint density at radius 3 is 1.70 bits per heavy atom. The van der Waals surface area contributed by atoms with Crippen LogP contribution in [0.4, 0.5) is 0 Å². The zero-order valence-corrected chi connectivity index (χ0v) is 14.8. The lowest BCUT2D eigenvalue weighted by Gasteiger charge is -2.19. The first-order chi connectivity index (χ1) is 13.2. The molecule has 1 atom stereocenters. The molecule has 0 unspecified atom stereocenters. The highest BCUT2D eigenvalue weighted by Crippen LogP contribution is 2.58. The summed E-state index contributed by atoms with van der Waals surface area (Å²) < 4.78 is 0. The van der Waals surface area contributed by atoms with Gasteiger partial charge >= 0.3 is 0 Å². The van der Waals surface area contributed by atoms with E-state index >= 15 is 0 Å². The molecule has 0 saturated heterocycles. The summed E-state index contributed by atoms with van der Waals surface area (Å²) >= 11 is 0. The number of amides is 2. The number of carbonyl (C=O) groups is 2. The first kappa shape index (κ1) is 17.0. The Balaban J connectivity index is 1.52. The van der Waals surface area contributed by atoms with Crippen LogP contribution in [-0.4, -0.2) is 11.8 Å². The van der Waals surface area contributed by atoms with Crippen molar-refractivity contribution in [2.45, 2.75) is 11.8 Å². The molecule has 4 heteroatoms. The maximum Gasteiger partial charge on any atom is 0.269 e. The molecular formula is C23H20N2O2. The second-order valence-corrected chi connectivity index (χ2v) is 6.77. The van der Waals surface area contributed by atoms with Gasteiger partial charge in [0.1, 0.15) is 0 Å². The molecular weight excluding hydrogens is 336 g/mol. The molecule has 0 heterocycles. The summed E-state index contributed by atoms with van der Waals surface area (Å²) in [6, 6.07) is 29.0. The second-order valence-electron chi connectivity index (χ2n) is 6.77. The minimum atomic E-state index is -0.343. The first-order valence-corrected chi connectivity index (χ1v) is 8.98. The number of hydrogen-bond donors (Lipinski definition) is 2. The van der Waals surface area contributed by atoms with Crippen molar-refractivity contribution in [2.75, 3.05) is 0 Å². The monoisotopic (exact) mass is 356 g/mol. The molecule has 0 aromatic heterocycles. The highest BCUT2D eigenvalue weighted by Gasteiger charge is 2.60. The quantitative estimate of drug-likeness (QED) is 0.704. The van der Waals surface area contributed by atoms with Gasteiger partial charge in [-0.25, -0.2) is 0 Å². The van der Waals surface area contributed by atoms with Crippen molar-refractivity contribution in [1.82, 2.24) is 10.9 Å². The Bertz CT molecular complexity index is 900. The maximum atomic E-state index is 12.8. The fourth-order valence-corrected chi connectivity index (χ4v) is 3.72. The van der Waals surface area contributed by atoms with Crippen LogP contribution in [0.2, 0.25) is 0 Å². The molecule has 3 aromatic carbocycles. The Morgan fingerprint density at radius 1 is 0.704 bits per heavy atom. The molecule has 0 bridgehead atoms. The van der Waals surface area contributed by atoms with E-state index in [9.17, 15) is 9.59 Å². The lowest BCUT2D eigenvalue weighted by Crippen LogP contribution is -2.43. The Hall–Kier alpha value is -3.40. The van der Waals surface area contributed by atoms with Crippen molar-refractivity contribution in [3.8, 4) is 0 Å². The van der Waals surface area contributed by atoms with Gasteiger partial charge in [0.05, 0.1) is 5.92 Å². The van der Waals surface area contributed by atoms with E-state index in [-0.39, 0.29) is 23.1 Å². The summed E-state index contributed by atoms with van der Waals surface area (Å²) in [5.74, 6) is -0.722. The van der Waals surface area contributed by atoms with Crippen molar-refractivity contribution >= 4 is 11.8 Å². The molecule has 4 rings (SSSR count). The van der Waals surface area contributed by atoms with Crippen LogP contribution in [0.25, 0.3) is 0 Å². The van der Waals surface area contributed by atoms with Crippen LogP contribution < -0.4 is 10.9 Å². The summed E-state index contributed by atoms with van der Waals surface area (Å²) in [5, 5.41) is 0. The SMILES string of the molecule is O=C(NNC(=O)[C@H]1CC1(c1ccccc1)c1ccccc1)c1ccccc1. The molecule has 2 amide bonds. The number of hydrazine groups is 1. The van der Waals surface area contributed by atoms with Gasteiger partial charge in [-0.2, -0.15) is 0 Å². The van der Waals surface area contributed by atoms with Crippen LogP contribution in [0.1, 0.15) is 27.9 Å². The Labute approximate surface area is 158 Å². The van der Waals surface area contributed by atoms with Crippen molar-refractivity contribution in [2.24, 2.45) is 5.92 Å². The average molecular weight is 356 g/mol. The van der Waals surface area contributed by atoms with E-state index in [0.29, 0.717) is 12.0 Å². The van der Waals surface area contributed by atoms with E-state index < -0.39 is 0 Å². The Kier molecular flexibility index (Phi) is 4.47. The molecule has 134 valence electrons. The number of hydrogen-bond acceptors (Lipinski definition) is 2. The molecule has 4 nitrogen and oxygen atoms in total. The number of nitrogens with one attached hydrogen (secondary N) is 2. The van der Waals surface area contributed by atoms with E-state index in [2.05, 4.69) is 35.1 Å². The Morgan fingerprint density at radius 2 is 1.19 bits per heavy atom. The minimum Gasteiger partial charge on any atom is -0.273 e. The molecule has 1 saturated carbocycles. The third-order valence-corrected chi connectivity index (χ3v) is 5.19. The summed E-state index contributed by atoms with van der Waals surface area (Å²) in [4.78, 5) is 24.9. The van der Waals surface area contributed by atoms with E-state index in [1.54, 1.807) is 24.3 Å². The lowest BCUT2D eigenvalue weighted by atomic mass is 9.85. The van der Waals surface area contributed by atoms with Crippen LogP contribution in [0.5, 0.6) is 0 Å². The molecule has 0 spiro atoms. The molecule has 0 radical (unpaired) electrons. The van der Waals surface area contributed by atoms with Crippen LogP contribution in [0.3, 0.4) is 0 Å². The van der Waals surface area contributed by atoms with Crippen molar-refractivity contribution in [3.63, 3.8) is 0 Å². The average Bonchev–Trinajstić information content (AvgIpc) is 3.51. The first-order valence-electron chi connectivity index (χ1n) is 8.98. The molecule has 1 aliphatic carbocycles. The van der Waals surface area contributed by atoms with Gasteiger partial charge < -0.3 is 0 Å². The molecule has 1 aliphatic rings. The molecule has 27 heavy (non-hydrogen) atoms. The molecule has 2 N–H and O–H groups in total. The van der Waals surface area contributed by atoms with Crippen LogP contribution in [0.15, 0.2) is 91.0 Å². The third-order valence-electron chi connectivity index (χ3n) is 5.19. The smallest absolute Gasteiger partial charge is 0.269 e. The fourth-order valence-electron chi connectivity index (χ4n) is 3.72. The predicted octanol–water partition coefficient (Wildman–Crippen LogP) is 3.45. The minimum absolute atomic E-state index is 0.174. The van der Waals surface area contributed by atoms with Crippen molar-refractivity contribution in [1.29, 1.82) is 0 Å². The summed E-state index contributed by atoms with van der Waals surface area (Å²) in [6.07, 6.45) is 0.716. The van der Waals surface area contributed by atoms with Crippen LogP contribution in [-0.2, 0) is 10.2 Å². The normalized spacial score (nSPS) is 17.0. The standard InChI is InChI=1S/C23H20N2O2/c26-21(17-10-4-1-5-11-17)24-25-22(27)20-16-23(20,18-12-6-2-7-13-18)19-14-8-3-9-15-19/h1-15,20H,16H2,(H,24,26)(H,25,27)/t20-/m1/s1. The number of rotatable bonds is 4. The lowest BCUT2D eigenvalue weighted by molar-refractivity contribution is -0.123. The van der Waals surface area contributed by atoms with Crippen molar-refractivity contribution in [3.05, 3.63) is 108 Å². The van der Waals surface area contributed by atoms with Crippen LogP contribution >= 0.6 is 0 Å². The molecule has 0 aliphatic heterocycles. The summed E-state index contributed by atoms with van der Waals surface area (Å²) in [6.45, 7) is 0. The molecule has 3 aromatic rings. The number of carbonyl (C=O) groups excluding carboxylic acids is 2. The van der Waals surface area contributed by atoms with E-state index in [1.807, 2.05) is 42.5 Å². The van der Waals surface area contributed by atoms with E-state index in [0.717, 1.165) is 11.1 Å². The van der Waals surface area contributed by atoms with E-state index in [1.165, 1.54) is 0 Å². The van der Waals surface area contributed by atoms with Gasteiger partial charge in [-0.3, -0.25) is 20.4 Å². The van der Waals surface area contributed by atoms with Crippen LogP contribution in [0, 0.1) is 5.92 Å². The van der Waals surface area contributed by atoms with Gasteiger partial charge in [0.25, 0.3) is 5.91 Å². The fraction of sp³-hybridized carbons (Fsp3) is 0.130. The highest BCUT2D eigenvalue weighted by atomic mass is 16.2. The van der Waals surface area contributed by atoms with Gasteiger partial charge in [-0.05, 0) is 29.7 Å².